The predicted molar refractivity (Wildman–Crippen MR) is 79.6 cm³/mol. The Morgan fingerprint density at radius 1 is 1.33 bits per heavy atom. The molecular weight excluding hydrogens is 314 g/mol. The zero-order valence-corrected chi connectivity index (χ0v) is 13.2. The highest BCUT2D eigenvalue weighted by molar-refractivity contribution is 7.89. The lowest BCUT2D eigenvalue weighted by molar-refractivity contribution is 0.244. The molecule has 1 heterocycles. The Balaban J connectivity index is 2.24. The Labute approximate surface area is 128 Å². The number of sulfonamides is 1. The normalized spacial score (nSPS) is 13.3. The molecule has 0 amide bonds. The first-order valence-electron chi connectivity index (χ1n) is 6.31. The van der Waals surface area contributed by atoms with E-state index in [1.807, 2.05) is 0 Å². The Bertz CT molecular complexity index is 722. The molecule has 0 aliphatic carbocycles. The van der Waals surface area contributed by atoms with Gasteiger partial charge in [-0.3, -0.25) is 0 Å². The van der Waals surface area contributed by atoms with Gasteiger partial charge in [0.05, 0.1) is 0 Å². The van der Waals surface area contributed by atoms with E-state index in [0.29, 0.717) is 5.02 Å². The Hall–Kier alpha value is -1.34. The van der Waals surface area contributed by atoms with Crippen LogP contribution in [0.5, 0.6) is 0 Å². The molecule has 7 heteroatoms. The summed E-state index contributed by atoms with van der Waals surface area (Å²) in [5.41, 5.74) is 0.798. The molecule has 0 saturated carbocycles. The van der Waals surface area contributed by atoms with Gasteiger partial charge < -0.3 is 9.52 Å². The fourth-order valence-corrected chi connectivity index (χ4v) is 3.55. The van der Waals surface area contributed by atoms with Crippen LogP contribution < -0.4 is 4.72 Å². The third kappa shape index (κ3) is 3.65. The van der Waals surface area contributed by atoms with Crippen LogP contribution in [0.2, 0.25) is 5.02 Å². The van der Waals surface area contributed by atoms with Gasteiger partial charge in [0.2, 0.25) is 10.0 Å². The van der Waals surface area contributed by atoms with Gasteiger partial charge in [0, 0.05) is 17.1 Å². The number of aliphatic hydroxyl groups excluding tert-OH is 1. The lowest BCUT2D eigenvalue weighted by Gasteiger charge is -2.14. The van der Waals surface area contributed by atoms with Crippen LogP contribution in [0.25, 0.3) is 0 Å². The minimum atomic E-state index is -3.73. The number of hydrogen-bond acceptors (Lipinski definition) is 4. The molecule has 0 aliphatic rings. The third-order valence-electron chi connectivity index (χ3n) is 3.07. The van der Waals surface area contributed by atoms with Crippen LogP contribution in [0.15, 0.2) is 39.6 Å². The van der Waals surface area contributed by atoms with Crippen molar-refractivity contribution in [3.05, 3.63) is 52.4 Å². The van der Waals surface area contributed by atoms with E-state index < -0.39 is 16.1 Å². The summed E-state index contributed by atoms with van der Waals surface area (Å²) in [6.45, 7) is 2.94. The molecule has 21 heavy (non-hydrogen) atoms. The second-order valence-electron chi connectivity index (χ2n) is 4.69. The van der Waals surface area contributed by atoms with E-state index in [1.54, 1.807) is 38.1 Å². The van der Waals surface area contributed by atoms with Gasteiger partial charge in [-0.25, -0.2) is 13.1 Å². The number of aryl methyl sites for hydroxylation is 1. The average Bonchev–Trinajstić information content (AvgIpc) is 2.81. The van der Waals surface area contributed by atoms with Gasteiger partial charge in [0.15, 0.2) is 0 Å². The summed E-state index contributed by atoms with van der Waals surface area (Å²) in [6.07, 6.45) is 0. The summed E-state index contributed by atoms with van der Waals surface area (Å²) in [4.78, 5) is 0.0346. The highest BCUT2D eigenvalue weighted by Crippen LogP contribution is 2.23. The maximum absolute atomic E-state index is 12.4. The summed E-state index contributed by atoms with van der Waals surface area (Å²) in [7, 11) is -3.73. The van der Waals surface area contributed by atoms with Crippen LogP contribution in [0, 0.1) is 6.92 Å². The average molecular weight is 330 g/mol. The summed E-state index contributed by atoms with van der Waals surface area (Å²) < 4.78 is 32.4. The molecule has 2 aromatic rings. The second kappa shape index (κ2) is 6.19. The molecule has 1 unspecified atom stereocenters. The molecule has 2 N–H and O–H groups in total. The monoisotopic (exact) mass is 329 g/mol. The van der Waals surface area contributed by atoms with Crippen LogP contribution >= 0.6 is 11.6 Å². The Kier molecular flexibility index (Phi) is 4.73. The van der Waals surface area contributed by atoms with Crippen molar-refractivity contribution in [2.24, 2.45) is 0 Å². The standard InChI is InChI=1S/C14H16ClNO4S/c1-9(11-3-5-12(15)6-4-11)16-21(18,19)14-7-13(8-17)20-10(14)2/h3-7,9,16-17H,8H2,1-2H3. The van der Waals surface area contributed by atoms with Crippen molar-refractivity contribution in [1.82, 2.24) is 4.72 Å². The first-order chi connectivity index (χ1) is 9.83. The molecule has 0 spiro atoms. The molecule has 0 saturated heterocycles. The zero-order valence-electron chi connectivity index (χ0n) is 11.6. The molecule has 0 bridgehead atoms. The minimum Gasteiger partial charge on any atom is -0.462 e. The van der Waals surface area contributed by atoms with E-state index in [2.05, 4.69) is 4.72 Å². The third-order valence-corrected chi connectivity index (χ3v) is 4.97. The number of nitrogens with one attached hydrogen (secondary N) is 1. The SMILES string of the molecule is Cc1oc(CO)cc1S(=O)(=O)NC(C)c1ccc(Cl)cc1. The van der Waals surface area contributed by atoms with Crippen LogP contribution in [0.1, 0.15) is 30.0 Å². The van der Waals surface area contributed by atoms with E-state index in [-0.39, 0.29) is 23.0 Å². The maximum atomic E-state index is 12.4. The van der Waals surface area contributed by atoms with Crippen LogP contribution in [0.3, 0.4) is 0 Å². The number of hydrogen-bond donors (Lipinski definition) is 2. The van der Waals surface area contributed by atoms with Crippen LogP contribution in [-0.4, -0.2) is 13.5 Å². The molecule has 1 aromatic carbocycles. The van der Waals surface area contributed by atoms with Crippen molar-refractivity contribution >= 4 is 21.6 Å². The Morgan fingerprint density at radius 2 is 1.95 bits per heavy atom. The van der Waals surface area contributed by atoms with E-state index in [9.17, 15) is 8.42 Å². The largest absolute Gasteiger partial charge is 0.462 e. The van der Waals surface area contributed by atoms with E-state index in [1.165, 1.54) is 6.07 Å². The second-order valence-corrected chi connectivity index (χ2v) is 6.80. The summed E-state index contributed by atoms with van der Waals surface area (Å²) in [6, 6.07) is 7.84. The molecule has 0 radical (unpaired) electrons. The fraction of sp³-hybridized carbons (Fsp3) is 0.286. The van der Waals surface area contributed by atoms with Gasteiger partial charge in [-0.2, -0.15) is 0 Å². The lowest BCUT2D eigenvalue weighted by Crippen LogP contribution is -2.27. The van der Waals surface area contributed by atoms with Crippen molar-refractivity contribution in [2.75, 3.05) is 0 Å². The highest BCUT2D eigenvalue weighted by atomic mass is 35.5. The van der Waals surface area contributed by atoms with Crippen LogP contribution in [-0.2, 0) is 16.6 Å². The van der Waals surface area contributed by atoms with Gasteiger partial charge in [-0.05, 0) is 31.5 Å². The van der Waals surface area contributed by atoms with Crippen molar-refractivity contribution in [1.29, 1.82) is 0 Å². The van der Waals surface area contributed by atoms with Crippen molar-refractivity contribution in [3.63, 3.8) is 0 Å². The molecule has 1 atom stereocenters. The first-order valence-corrected chi connectivity index (χ1v) is 8.17. The maximum Gasteiger partial charge on any atom is 0.244 e. The summed E-state index contributed by atoms with van der Waals surface area (Å²) in [5, 5.41) is 9.60. The molecule has 0 aliphatic heterocycles. The van der Waals surface area contributed by atoms with Crippen LogP contribution in [0.4, 0.5) is 0 Å². The number of furan rings is 1. The minimum absolute atomic E-state index is 0.0346. The van der Waals surface area contributed by atoms with E-state index >= 15 is 0 Å². The van der Waals surface area contributed by atoms with Gasteiger partial charge >= 0.3 is 0 Å². The molecule has 114 valence electrons. The molecular formula is C14H16ClNO4S. The molecule has 0 fully saturated rings. The van der Waals surface area contributed by atoms with Crippen molar-refractivity contribution in [2.45, 2.75) is 31.4 Å². The van der Waals surface area contributed by atoms with E-state index in [4.69, 9.17) is 21.1 Å². The first kappa shape index (κ1) is 16.0. The number of halogens is 1. The number of aliphatic hydroxyl groups is 1. The topological polar surface area (TPSA) is 79.5 Å². The van der Waals surface area contributed by atoms with Crippen molar-refractivity contribution in [3.8, 4) is 0 Å². The fourth-order valence-electron chi connectivity index (χ4n) is 1.98. The molecule has 2 rings (SSSR count). The summed E-state index contributed by atoms with van der Waals surface area (Å²) >= 11 is 5.81. The quantitative estimate of drug-likeness (QED) is 0.884. The zero-order chi connectivity index (χ0) is 15.6. The van der Waals surface area contributed by atoms with E-state index in [0.717, 1.165) is 5.56 Å². The van der Waals surface area contributed by atoms with Crippen molar-refractivity contribution < 1.29 is 17.9 Å². The smallest absolute Gasteiger partial charge is 0.244 e. The van der Waals surface area contributed by atoms with Gasteiger partial charge in [0.1, 0.15) is 23.0 Å². The lowest BCUT2D eigenvalue weighted by atomic mass is 10.1. The molecule has 1 aromatic heterocycles. The Morgan fingerprint density at radius 3 is 2.48 bits per heavy atom. The van der Waals surface area contributed by atoms with Gasteiger partial charge in [-0.15, -0.1) is 0 Å². The predicted octanol–water partition coefficient (Wildman–Crippen LogP) is 2.77. The number of rotatable bonds is 5. The molecule has 5 nitrogen and oxygen atoms in total. The van der Waals surface area contributed by atoms with Gasteiger partial charge in [-0.1, -0.05) is 23.7 Å². The summed E-state index contributed by atoms with van der Waals surface area (Å²) in [5.74, 6) is 0.460. The number of benzene rings is 1. The van der Waals surface area contributed by atoms with Gasteiger partial charge in [0.25, 0.3) is 0 Å². The highest BCUT2D eigenvalue weighted by Gasteiger charge is 2.23.